The van der Waals surface area contributed by atoms with Crippen molar-refractivity contribution >= 4 is 28.3 Å². The molecule has 0 saturated carbocycles. The lowest BCUT2D eigenvalue weighted by atomic mass is 9.90. The number of ether oxygens (including phenoxy) is 1. The molecule has 0 atom stereocenters. The molecule has 38 heavy (non-hydrogen) atoms. The van der Waals surface area contributed by atoms with Crippen molar-refractivity contribution in [1.82, 2.24) is 9.88 Å². The number of hydrogen-bond donors (Lipinski definition) is 1. The summed E-state index contributed by atoms with van der Waals surface area (Å²) in [5, 5.41) is 1.02. The fourth-order valence-electron chi connectivity index (χ4n) is 5.74. The van der Waals surface area contributed by atoms with Crippen molar-refractivity contribution in [3.05, 3.63) is 89.5 Å². The molecular formula is C32H34N4O2. The second-order valence-corrected chi connectivity index (χ2v) is 10.2. The number of fused-ring (bicyclic) bond motifs is 1. The van der Waals surface area contributed by atoms with Gasteiger partial charge in [0.1, 0.15) is 5.82 Å². The summed E-state index contributed by atoms with van der Waals surface area (Å²) in [5.41, 5.74) is 13.5. The SMILES string of the molecule is Nc1nc2ccc(-c3c(CCc4ccccc4)cccc3C(=O)N3CCCC3)cc2cc1N1CCOCC1. The average Bonchev–Trinajstić information content (AvgIpc) is 3.51. The Hall–Kier alpha value is -3.90. The van der Waals surface area contributed by atoms with E-state index in [1.807, 2.05) is 29.2 Å². The Labute approximate surface area is 224 Å². The Morgan fingerprint density at radius 2 is 1.66 bits per heavy atom. The summed E-state index contributed by atoms with van der Waals surface area (Å²) in [7, 11) is 0. The molecule has 6 nitrogen and oxygen atoms in total. The number of nitrogens with two attached hydrogens (primary N) is 1. The van der Waals surface area contributed by atoms with Gasteiger partial charge in [-0.05, 0) is 72.2 Å². The second kappa shape index (κ2) is 10.8. The lowest BCUT2D eigenvalue weighted by molar-refractivity contribution is 0.0793. The molecule has 0 aliphatic carbocycles. The van der Waals surface area contributed by atoms with Crippen LogP contribution in [0.5, 0.6) is 0 Å². The van der Waals surface area contributed by atoms with E-state index in [0.29, 0.717) is 19.0 Å². The highest BCUT2D eigenvalue weighted by molar-refractivity contribution is 6.03. The Balaban J connectivity index is 1.43. The smallest absolute Gasteiger partial charge is 0.254 e. The largest absolute Gasteiger partial charge is 0.382 e. The third kappa shape index (κ3) is 4.96. The van der Waals surface area contributed by atoms with Crippen molar-refractivity contribution in [3.8, 4) is 11.1 Å². The fraction of sp³-hybridized carbons (Fsp3) is 0.312. The highest BCUT2D eigenvalue weighted by Gasteiger charge is 2.24. The topological polar surface area (TPSA) is 71.7 Å². The van der Waals surface area contributed by atoms with E-state index in [-0.39, 0.29) is 5.91 Å². The van der Waals surface area contributed by atoms with Crippen LogP contribution in [0.25, 0.3) is 22.0 Å². The Morgan fingerprint density at radius 3 is 2.45 bits per heavy atom. The van der Waals surface area contributed by atoms with Crippen LogP contribution in [-0.4, -0.2) is 55.2 Å². The van der Waals surface area contributed by atoms with Crippen molar-refractivity contribution in [2.24, 2.45) is 0 Å². The van der Waals surface area contributed by atoms with Crippen LogP contribution in [0.3, 0.4) is 0 Å². The lowest BCUT2D eigenvalue weighted by Crippen LogP contribution is -2.36. The number of carbonyl (C=O) groups is 1. The maximum atomic E-state index is 13.7. The van der Waals surface area contributed by atoms with Gasteiger partial charge in [-0.3, -0.25) is 4.79 Å². The molecule has 6 rings (SSSR count). The number of aromatic nitrogens is 1. The Morgan fingerprint density at radius 1 is 0.868 bits per heavy atom. The van der Waals surface area contributed by atoms with E-state index in [4.69, 9.17) is 15.5 Å². The first kappa shape index (κ1) is 24.4. The van der Waals surface area contributed by atoms with Gasteiger partial charge in [-0.1, -0.05) is 48.5 Å². The molecule has 2 aliphatic heterocycles. The minimum atomic E-state index is 0.128. The van der Waals surface area contributed by atoms with Crippen LogP contribution in [0.2, 0.25) is 0 Å². The maximum Gasteiger partial charge on any atom is 0.254 e. The number of aryl methyl sites for hydroxylation is 2. The van der Waals surface area contributed by atoms with Crippen molar-refractivity contribution in [2.75, 3.05) is 50.0 Å². The predicted octanol–water partition coefficient (Wildman–Crippen LogP) is 5.34. The van der Waals surface area contributed by atoms with Crippen molar-refractivity contribution in [2.45, 2.75) is 25.7 Å². The number of hydrogen-bond acceptors (Lipinski definition) is 5. The quantitative estimate of drug-likeness (QED) is 0.382. The fourth-order valence-corrected chi connectivity index (χ4v) is 5.74. The summed E-state index contributed by atoms with van der Waals surface area (Å²) in [4.78, 5) is 22.7. The molecule has 194 valence electrons. The van der Waals surface area contributed by atoms with Crippen molar-refractivity contribution in [3.63, 3.8) is 0 Å². The zero-order chi connectivity index (χ0) is 25.9. The normalized spacial score (nSPS) is 15.8. The molecule has 1 aromatic heterocycles. The molecule has 0 unspecified atom stereocenters. The molecule has 0 bridgehead atoms. The van der Waals surface area contributed by atoms with E-state index < -0.39 is 0 Å². The second-order valence-electron chi connectivity index (χ2n) is 10.2. The van der Waals surface area contributed by atoms with Gasteiger partial charge in [0.2, 0.25) is 0 Å². The van der Waals surface area contributed by atoms with Crippen molar-refractivity contribution in [1.29, 1.82) is 0 Å². The van der Waals surface area contributed by atoms with Gasteiger partial charge in [0.25, 0.3) is 5.91 Å². The van der Waals surface area contributed by atoms with Gasteiger partial charge >= 0.3 is 0 Å². The molecule has 2 N–H and O–H groups in total. The van der Waals surface area contributed by atoms with Gasteiger partial charge in [0.15, 0.2) is 0 Å². The summed E-state index contributed by atoms with van der Waals surface area (Å²) in [5.74, 6) is 0.670. The van der Waals surface area contributed by atoms with Crippen LogP contribution in [0.15, 0.2) is 72.8 Å². The number of likely N-dealkylation sites (tertiary alicyclic amines) is 1. The molecule has 1 amide bonds. The van der Waals surface area contributed by atoms with Crippen LogP contribution < -0.4 is 10.6 Å². The van der Waals surface area contributed by atoms with E-state index in [1.54, 1.807) is 0 Å². The molecule has 0 radical (unpaired) electrons. The number of nitrogen functional groups attached to an aromatic ring is 1. The van der Waals surface area contributed by atoms with Crippen LogP contribution >= 0.6 is 0 Å². The summed E-state index contributed by atoms with van der Waals surface area (Å²) < 4.78 is 5.53. The Bertz CT molecular complexity index is 1440. The first-order chi connectivity index (χ1) is 18.7. The molecule has 0 spiro atoms. The number of amides is 1. The zero-order valence-electron chi connectivity index (χ0n) is 21.7. The summed E-state index contributed by atoms with van der Waals surface area (Å²) >= 11 is 0. The summed E-state index contributed by atoms with van der Waals surface area (Å²) in [6.07, 6.45) is 3.92. The van der Waals surface area contributed by atoms with Gasteiger partial charge in [0.05, 0.1) is 24.4 Å². The first-order valence-corrected chi connectivity index (χ1v) is 13.7. The van der Waals surface area contributed by atoms with Crippen LogP contribution in [0.1, 0.15) is 34.3 Å². The maximum absolute atomic E-state index is 13.7. The number of pyridine rings is 1. The number of morpholine rings is 1. The molecule has 2 saturated heterocycles. The van der Waals surface area contributed by atoms with Gasteiger partial charge in [0, 0.05) is 37.1 Å². The third-order valence-electron chi connectivity index (χ3n) is 7.76. The number of benzene rings is 3. The van der Waals surface area contributed by atoms with Gasteiger partial charge < -0.3 is 20.3 Å². The highest BCUT2D eigenvalue weighted by atomic mass is 16.5. The molecular weight excluding hydrogens is 472 g/mol. The number of anilines is 2. The van der Waals surface area contributed by atoms with Crippen LogP contribution in [0, 0.1) is 0 Å². The average molecular weight is 507 g/mol. The molecule has 3 aromatic carbocycles. The molecule has 2 aliphatic rings. The predicted molar refractivity (Wildman–Crippen MR) is 154 cm³/mol. The Kier molecular flexibility index (Phi) is 6.97. The molecule has 3 heterocycles. The lowest BCUT2D eigenvalue weighted by Gasteiger charge is -2.29. The van der Waals surface area contributed by atoms with E-state index in [9.17, 15) is 4.79 Å². The molecule has 6 heteroatoms. The van der Waals surface area contributed by atoms with E-state index in [1.165, 1.54) is 11.1 Å². The minimum absolute atomic E-state index is 0.128. The zero-order valence-corrected chi connectivity index (χ0v) is 21.7. The summed E-state index contributed by atoms with van der Waals surface area (Å²) in [6, 6.07) is 25.2. The van der Waals surface area contributed by atoms with Crippen LogP contribution in [0.4, 0.5) is 11.5 Å². The summed E-state index contributed by atoms with van der Waals surface area (Å²) in [6.45, 7) is 4.64. The van der Waals surface area contributed by atoms with E-state index in [2.05, 4.69) is 53.4 Å². The standard InChI is InChI=1S/C32H34N4O2/c33-31-29(35-17-19-38-20-18-35)22-26-21-25(13-14-28(26)34-31)30-24(12-11-23-7-2-1-3-8-23)9-6-10-27(30)32(37)36-15-4-5-16-36/h1-3,6-10,13-14,21-22H,4-5,11-12,15-20H2,(H2,33,34). The number of carbonyl (C=O) groups excluding carboxylic acids is 1. The number of rotatable bonds is 6. The molecule has 2 fully saturated rings. The van der Waals surface area contributed by atoms with Gasteiger partial charge in [-0.25, -0.2) is 4.98 Å². The van der Waals surface area contributed by atoms with Gasteiger partial charge in [-0.15, -0.1) is 0 Å². The highest BCUT2D eigenvalue weighted by Crippen LogP contribution is 2.35. The van der Waals surface area contributed by atoms with E-state index >= 15 is 0 Å². The van der Waals surface area contributed by atoms with Gasteiger partial charge in [-0.2, -0.15) is 0 Å². The first-order valence-electron chi connectivity index (χ1n) is 13.7. The van der Waals surface area contributed by atoms with Crippen molar-refractivity contribution < 1.29 is 9.53 Å². The monoisotopic (exact) mass is 506 g/mol. The van der Waals surface area contributed by atoms with E-state index in [0.717, 1.165) is 85.1 Å². The minimum Gasteiger partial charge on any atom is -0.382 e. The number of nitrogens with zero attached hydrogens (tertiary/aromatic N) is 3. The third-order valence-corrected chi connectivity index (χ3v) is 7.76. The molecule has 4 aromatic rings. The van der Waals surface area contributed by atoms with Crippen LogP contribution in [-0.2, 0) is 17.6 Å².